The maximum Gasteiger partial charge on any atom is 0.573 e. The zero-order valence-corrected chi connectivity index (χ0v) is 12.8. The average molecular weight is 367 g/mol. The number of thioether (sulfide) groups is 1. The SMILES string of the molecule is CC(=O)SCCC#Cc1ccc(OC(F)(F)F)cc1Br. The van der Waals surface area contributed by atoms with E-state index in [0.717, 1.165) is 0 Å². The van der Waals surface area contributed by atoms with Gasteiger partial charge < -0.3 is 4.74 Å². The lowest BCUT2D eigenvalue weighted by Gasteiger charge is -2.09. The van der Waals surface area contributed by atoms with Gasteiger partial charge in [0.15, 0.2) is 5.12 Å². The van der Waals surface area contributed by atoms with Crippen molar-refractivity contribution in [2.24, 2.45) is 0 Å². The molecule has 0 radical (unpaired) electrons. The first-order valence-electron chi connectivity index (χ1n) is 5.45. The van der Waals surface area contributed by atoms with Crippen LogP contribution in [0.25, 0.3) is 0 Å². The number of ether oxygens (including phenoxy) is 1. The zero-order chi connectivity index (χ0) is 15.2. The molecule has 0 aromatic heterocycles. The van der Waals surface area contributed by atoms with Gasteiger partial charge in [-0.1, -0.05) is 23.6 Å². The van der Waals surface area contributed by atoms with Crippen molar-refractivity contribution < 1.29 is 22.7 Å². The molecule has 1 aromatic rings. The summed E-state index contributed by atoms with van der Waals surface area (Å²) in [7, 11) is 0. The molecule has 1 rings (SSSR count). The monoisotopic (exact) mass is 366 g/mol. The van der Waals surface area contributed by atoms with Crippen LogP contribution >= 0.6 is 27.7 Å². The Hall–Kier alpha value is -1.13. The molecule has 0 heterocycles. The molecular weight excluding hydrogens is 357 g/mol. The molecule has 0 bridgehead atoms. The second-order valence-corrected chi connectivity index (χ2v) is 5.71. The summed E-state index contributed by atoms with van der Waals surface area (Å²) in [5.41, 5.74) is 0.562. The molecule has 0 saturated heterocycles. The minimum atomic E-state index is -4.71. The van der Waals surface area contributed by atoms with E-state index in [-0.39, 0.29) is 10.9 Å². The Morgan fingerprint density at radius 3 is 2.70 bits per heavy atom. The highest BCUT2D eigenvalue weighted by Crippen LogP contribution is 2.27. The van der Waals surface area contributed by atoms with Gasteiger partial charge in [-0.3, -0.25) is 4.79 Å². The van der Waals surface area contributed by atoms with Crippen LogP contribution in [0.4, 0.5) is 13.2 Å². The number of carbonyl (C=O) groups is 1. The molecule has 108 valence electrons. The van der Waals surface area contributed by atoms with Crippen LogP contribution in [-0.2, 0) is 4.79 Å². The lowest BCUT2D eigenvalue weighted by Crippen LogP contribution is -2.17. The molecule has 0 unspecified atom stereocenters. The van der Waals surface area contributed by atoms with Crippen LogP contribution in [0.15, 0.2) is 22.7 Å². The normalized spacial score (nSPS) is 10.7. The summed E-state index contributed by atoms with van der Waals surface area (Å²) < 4.78 is 40.3. The maximum atomic E-state index is 12.0. The van der Waals surface area contributed by atoms with E-state index in [4.69, 9.17) is 0 Å². The van der Waals surface area contributed by atoms with Crippen molar-refractivity contribution in [2.75, 3.05) is 5.75 Å². The van der Waals surface area contributed by atoms with Gasteiger partial charge in [0, 0.05) is 29.1 Å². The van der Waals surface area contributed by atoms with Gasteiger partial charge in [0.25, 0.3) is 0 Å². The minimum Gasteiger partial charge on any atom is -0.406 e. The van der Waals surface area contributed by atoms with Crippen LogP contribution in [0.2, 0.25) is 0 Å². The predicted octanol–water partition coefficient (Wildman–Crippen LogP) is 4.37. The molecule has 0 saturated carbocycles. The Balaban J connectivity index is 2.65. The van der Waals surface area contributed by atoms with Gasteiger partial charge >= 0.3 is 6.36 Å². The smallest absolute Gasteiger partial charge is 0.406 e. The molecule has 0 N–H and O–H groups in total. The van der Waals surface area contributed by atoms with Crippen LogP contribution in [0.1, 0.15) is 18.9 Å². The van der Waals surface area contributed by atoms with Crippen molar-refractivity contribution in [3.05, 3.63) is 28.2 Å². The first-order chi connectivity index (χ1) is 9.28. The van der Waals surface area contributed by atoms with Gasteiger partial charge in [-0.25, -0.2) is 0 Å². The Morgan fingerprint density at radius 1 is 1.45 bits per heavy atom. The molecule has 0 amide bonds. The Labute approximate surface area is 127 Å². The summed E-state index contributed by atoms with van der Waals surface area (Å²) in [6.07, 6.45) is -4.19. The topological polar surface area (TPSA) is 26.3 Å². The van der Waals surface area contributed by atoms with E-state index < -0.39 is 6.36 Å². The lowest BCUT2D eigenvalue weighted by molar-refractivity contribution is -0.274. The van der Waals surface area contributed by atoms with Gasteiger partial charge in [-0.05, 0) is 34.1 Å². The highest BCUT2D eigenvalue weighted by molar-refractivity contribution is 9.10. The van der Waals surface area contributed by atoms with Crippen molar-refractivity contribution in [1.82, 2.24) is 0 Å². The van der Waals surface area contributed by atoms with Crippen LogP contribution in [-0.4, -0.2) is 17.2 Å². The largest absolute Gasteiger partial charge is 0.573 e. The maximum absolute atomic E-state index is 12.0. The summed E-state index contributed by atoms with van der Waals surface area (Å²) in [6, 6.07) is 3.85. The summed E-state index contributed by atoms with van der Waals surface area (Å²) >= 11 is 4.32. The highest BCUT2D eigenvalue weighted by Gasteiger charge is 2.31. The Morgan fingerprint density at radius 2 is 2.15 bits per heavy atom. The third-order valence-corrected chi connectivity index (χ3v) is 3.40. The number of benzene rings is 1. The van der Waals surface area contributed by atoms with Gasteiger partial charge in [-0.15, -0.1) is 13.2 Å². The Kier molecular flexibility index (Phi) is 6.43. The quantitative estimate of drug-likeness (QED) is 0.586. The fourth-order valence-electron chi connectivity index (χ4n) is 1.20. The molecule has 20 heavy (non-hydrogen) atoms. The molecule has 0 aliphatic rings. The zero-order valence-electron chi connectivity index (χ0n) is 10.4. The lowest BCUT2D eigenvalue weighted by atomic mass is 10.2. The van der Waals surface area contributed by atoms with Gasteiger partial charge in [0.2, 0.25) is 0 Å². The van der Waals surface area contributed by atoms with Crippen LogP contribution in [0.3, 0.4) is 0 Å². The number of hydrogen-bond donors (Lipinski definition) is 0. The van der Waals surface area contributed by atoms with Crippen molar-refractivity contribution >= 4 is 32.8 Å². The fraction of sp³-hybridized carbons (Fsp3) is 0.308. The van der Waals surface area contributed by atoms with Crippen molar-refractivity contribution in [2.45, 2.75) is 19.7 Å². The van der Waals surface area contributed by atoms with Crippen molar-refractivity contribution in [3.63, 3.8) is 0 Å². The minimum absolute atomic E-state index is 0.0293. The number of carbonyl (C=O) groups excluding carboxylic acids is 1. The molecule has 1 aromatic carbocycles. The molecule has 7 heteroatoms. The second kappa shape index (κ2) is 7.60. The number of alkyl halides is 3. The van der Waals surface area contributed by atoms with Crippen molar-refractivity contribution in [1.29, 1.82) is 0 Å². The molecule has 0 fully saturated rings. The second-order valence-electron chi connectivity index (χ2n) is 3.58. The summed E-state index contributed by atoms with van der Waals surface area (Å²) in [6.45, 7) is 1.48. The molecule has 2 nitrogen and oxygen atoms in total. The average Bonchev–Trinajstić information content (AvgIpc) is 2.28. The molecule has 0 aliphatic heterocycles. The van der Waals surface area contributed by atoms with E-state index in [1.54, 1.807) is 0 Å². The van der Waals surface area contributed by atoms with Gasteiger partial charge in [-0.2, -0.15) is 0 Å². The van der Waals surface area contributed by atoms with Crippen LogP contribution < -0.4 is 4.74 Å². The highest BCUT2D eigenvalue weighted by atomic mass is 79.9. The molecular formula is C13H10BrF3O2S. The first-order valence-corrected chi connectivity index (χ1v) is 7.23. The van der Waals surface area contributed by atoms with E-state index in [1.807, 2.05) is 0 Å². The molecule has 0 spiro atoms. The summed E-state index contributed by atoms with van der Waals surface area (Å²) in [4.78, 5) is 10.7. The van der Waals surface area contributed by atoms with Gasteiger partial charge in [0.05, 0.1) is 0 Å². The third kappa shape index (κ3) is 6.87. The fourth-order valence-corrected chi connectivity index (χ4v) is 2.15. The van der Waals surface area contributed by atoms with E-state index >= 15 is 0 Å². The third-order valence-electron chi connectivity index (χ3n) is 1.93. The molecule has 0 aliphatic carbocycles. The van der Waals surface area contributed by atoms with E-state index in [2.05, 4.69) is 32.5 Å². The predicted molar refractivity (Wildman–Crippen MR) is 75.5 cm³/mol. The van der Waals surface area contributed by atoms with Crippen molar-refractivity contribution in [3.8, 4) is 17.6 Å². The standard InChI is InChI=1S/C13H10BrF3O2S/c1-9(18)20-7-3-2-4-10-5-6-11(8-12(10)14)19-13(15,16)17/h5-6,8H,3,7H2,1H3. The summed E-state index contributed by atoms with van der Waals surface area (Å²) in [5.74, 6) is 5.96. The van der Waals surface area contributed by atoms with E-state index in [0.29, 0.717) is 22.2 Å². The number of hydrogen-bond acceptors (Lipinski definition) is 3. The van der Waals surface area contributed by atoms with Crippen LogP contribution in [0.5, 0.6) is 5.75 Å². The van der Waals surface area contributed by atoms with E-state index in [9.17, 15) is 18.0 Å². The Bertz CT molecular complexity index is 547. The first kappa shape index (κ1) is 16.9. The number of rotatable bonds is 3. The van der Waals surface area contributed by atoms with Crippen LogP contribution in [0, 0.1) is 11.8 Å². The van der Waals surface area contributed by atoms with E-state index in [1.165, 1.54) is 36.9 Å². The number of halogens is 4. The summed E-state index contributed by atoms with van der Waals surface area (Å²) in [5, 5.41) is 0.0293. The molecule has 0 atom stereocenters. The van der Waals surface area contributed by atoms with Gasteiger partial charge in [0.1, 0.15) is 5.75 Å².